The molecule has 6 unspecified atom stereocenters. The van der Waals surface area contributed by atoms with E-state index in [9.17, 15) is 4.79 Å². The number of rotatable bonds is 8. The lowest BCUT2D eigenvalue weighted by Gasteiger charge is -2.61. The quantitative estimate of drug-likeness (QED) is 0.367. The van der Waals surface area contributed by atoms with Gasteiger partial charge in [-0.2, -0.15) is 0 Å². The summed E-state index contributed by atoms with van der Waals surface area (Å²) in [6, 6.07) is 8.57. The first-order valence-electron chi connectivity index (χ1n) is 15.5. The first-order chi connectivity index (χ1) is 18.3. The zero-order chi connectivity index (χ0) is 26.5. The highest BCUT2D eigenvalue weighted by atomic mass is 32.1. The van der Waals surface area contributed by atoms with Crippen LogP contribution in [0.2, 0.25) is 0 Å². The molecule has 0 aliphatic heterocycles. The molecule has 1 heterocycles. The molecule has 2 aromatic rings. The van der Waals surface area contributed by atoms with Gasteiger partial charge in [0.15, 0.2) is 0 Å². The molecule has 4 saturated carbocycles. The van der Waals surface area contributed by atoms with Crippen molar-refractivity contribution in [3.63, 3.8) is 0 Å². The maximum absolute atomic E-state index is 10.9. The van der Waals surface area contributed by atoms with Crippen LogP contribution < -0.4 is 0 Å². The third-order valence-electron chi connectivity index (χ3n) is 12.2. The highest BCUT2D eigenvalue weighted by Gasteiger charge is 2.60. The average molecular weight is 538 g/mol. The molecule has 5 heteroatoms. The topological polar surface area (TPSA) is 59.4 Å². The van der Waals surface area contributed by atoms with Crippen LogP contribution in [0.4, 0.5) is 0 Å². The van der Waals surface area contributed by atoms with E-state index in [2.05, 4.69) is 45.0 Å². The van der Waals surface area contributed by atoms with Crippen molar-refractivity contribution < 1.29 is 14.6 Å². The largest absolute Gasteiger partial charge is 0.481 e. The lowest BCUT2D eigenvalue weighted by molar-refractivity contribution is -0.144. The Labute approximate surface area is 233 Å². The molecule has 0 saturated heterocycles. The second-order valence-corrected chi connectivity index (χ2v) is 15.0. The van der Waals surface area contributed by atoms with Gasteiger partial charge in [0.05, 0.1) is 34.4 Å². The van der Waals surface area contributed by atoms with Crippen molar-refractivity contribution in [2.24, 2.45) is 46.3 Å². The normalized spacial score (nSPS) is 39.3. The highest BCUT2D eigenvalue weighted by Crippen LogP contribution is 2.68. The fourth-order valence-corrected chi connectivity index (χ4v) is 11.2. The minimum absolute atomic E-state index is 0.129. The first-order valence-corrected chi connectivity index (χ1v) is 16.3. The van der Waals surface area contributed by atoms with Crippen molar-refractivity contribution in [3.05, 3.63) is 29.3 Å². The van der Waals surface area contributed by atoms with Gasteiger partial charge in [0, 0.05) is 0 Å². The summed E-state index contributed by atoms with van der Waals surface area (Å²) in [5.74, 6) is 4.29. The summed E-state index contributed by atoms with van der Waals surface area (Å²) in [5, 5.41) is 10.3. The Kier molecular flexibility index (Phi) is 7.39. The van der Waals surface area contributed by atoms with Gasteiger partial charge in [-0.05, 0) is 129 Å². The average Bonchev–Trinajstić information content (AvgIpc) is 3.47. The molecule has 9 atom stereocenters. The lowest BCUT2D eigenvalue weighted by Crippen LogP contribution is -2.54. The number of aryl methyl sites for hydroxylation is 1. The van der Waals surface area contributed by atoms with Crippen LogP contribution in [0.25, 0.3) is 10.2 Å². The Morgan fingerprint density at radius 2 is 1.87 bits per heavy atom. The Bertz CT molecular complexity index is 1110. The van der Waals surface area contributed by atoms with E-state index in [0.717, 1.165) is 60.3 Å². The number of carboxylic acid groups (broad SMARTS) is 1. The monoisotopic (exact) mass is 537 g/mol. The number of benzene rings is 1. The van der Waals surface area contributed by atoms with Gasteiger partial charge < -0.3 is 9.84 Å². The Morgan fingerprint density at radius 3 is 2.68 bits per heavy atom. The predicted molar refractivity (Wildman–Crippen MR) is 154 cm³/mol. The van der Waals surface area contributed by atoms with Crippen molar-refractivity contribution in [1.82, 2.24) is 4.98 Å². The molecular weight excluding hydrogens is 490 g/mol. The molecule has 38 heavy (non-hydrogen) atoms. The Balaban J connectivity index is 1.09. The van der Waals surface area contributed by atoms with Crippen LogP contribution in [-0.4, -0.2) is 28.8 Å². The molecule has 0 radical (unpaired) electrons. The molecule has 1 N–H and O–H groups in total. The second kappa shape index (κ2) is 10.5. The van der Waals surface area contributed by atoms with Gasteiger partial charge in [-0.25, -0.2) is 4.98 Å². The molecule has 4 aliphatic carbocycles. The summed E-state index contributed by atoms with van der Waals surface area (Å²) in [6.45, 7) is 8.22. The standard InChI is InChI=1S/C33H47NO3S/c1-21(8-13-30-34-28-6-4-5-7-29(28)38-30)25-11-12-26-24-10-9-22-20-23(37-19-16-31(35)36)14-17-32(22,2)27(24)15-18-33(25,26)3/h4-7,21-27H,8-20H2,1-3H3,(H,35,36)/t21?,22-,23?,24?,25?,26?,27?,32+,33-/m1/s1. The van der Waals surface area contributed by atoms with Crippen LogP contribution in [0.1, 0.15) is 96.4 Å². The number of ether oxygens (including phenoxy) is 1. The molecule has 4 nitrogen and oxygen atoms in total. The number of aromatic nitrogens is 1. The third-order valence-corrected chi connectivity index (χ3v) is 13.3. The van der Waals surface area contributed by atoms with E-state index in [-0.39, 0.29) is 12.5 Å². The first kappa shape index (κ1) is 26.7. The number of para-hydroxylation sites is 1. The van der Waals surface area contributed by atoms with E-state index in [0.29, 0.717) is 17.4 Å². The van der Waals surface area contributed by atoms with Gasteiger partial charge in [0.25, 0.3) is 0 Å². The molecule has 208 valence electrons. The highest BCUT2D eigenvalue weighted by molar-refractivity contribution is 7.18. The maximum atomic E-state index is 10.9. The minimum Gasteiger partial charge on any atom is -0.481 e. The van der Waals surface area contributed by atoms with E-state index in [1.165, 1.54) is 61.1 Å². The molecule has 6 rings (SSSR count). The summed E-state index contributed by atoms with van der Waals surface area (Å²) in [5.41, 5.74) is 2.12. The maximum Gasteiger partial charge on any atom is 0.305 e. The number of hydrogen-bond donors (Lipinski definition) is 1. The van der Waals surface area contributed by atoms with Gasteiger partial charge >= 0.3 is 5.97 Å². The molecule has 0 amide bonds. The van der Waals surface area contributed by atoms with E-state index in [4.69, 9.17) is 14.8 Å². The van der Waals surface area contributed by atoms with Crippen molar-refractivity contribution in [3.8, 4) is 0 Å². The smallest absolute Gasteiger partial charge is 0.305 e. The van der Waals surface area contributed by atoms with Crippen LogP contribution in [0.3, 0.4) is 0 Å². The number of fused-ring (bicyclic) bond motifs is 6. The van der Waals surface area contributed by atoms with Crippen molar-refractivity contribution in [2.45, 2.75) is 104 Å². The SMILES string of the molecule is CC(CCc1nc2ccccc2s1)C1CCC2C3CC[C@@H]4CC(OCCC(=O)O)CC[C@]4(C)C3CC[C@]12C. The number of thiazole rings is 1. The number of aliphatic carboxylic acids is 1. The Hall–Kier alpha value is -1.46. The summed E-state index contributed by atoms with van der Waals surface area (Å²) in [7, 11) is 0. The van der Waals surface area contributed by atoms with Crippen LogP contribution >= 0.6 is 11.3 Å². The van der Waals surface area contributed by atoms with Gasteiger partial charge in [-0.3, -0.25) is 4.79 Å². The summed E-state index contributed by atoms with van der Waals surface area (Å²) in [4.78, 5) is 15.8. The summed E-state index contributed by atoms with van der Waals surface area (Å²) in [6.07, 6.45) is 14.8. The van der Waals surface area contributed by atoms with Gasteiger partial charge in [-0.15, -0.1) is 11.3 Å². The summed E-state index contributed by atoms with van der Waals surface area (Å²) >= 11 is 1.89. The van der Waals surface area contributed by atoms with E-state index < -0.39 is 5.97 Å². The van der Waals surface area contributed by atoms with Gasteiger partial charge in [-0.1, -0.05) is 32.9 Å². The number of carbonyl (C=O) groups is 1. The minimum atomic E-state index is -0.752. The van der Waals surface area contributed by atoms with E-state index >= 15 is 0 Å². The van der Waals surface area contributed by atoms with Gasteiger partial charge in [0.1, 0.15) is 0 Å². The van der Waals surface area contributed by atoms with Gasteiger partial charge in [0.2, 0.25) is 0 Å². The van der Waals surface area contributed by atoms with E-state index in [1.54, 1.807) is 0 Å². The van der Waals surface area contributed by atoms with Crippen molar-refractivity contribution in [1.29, 1.82) is 0 Å². The molecule has 1 aromatic carbocycles. The summed E-state index contributed by atoms with van der Waals surface area (Å²) < 4.78 is 7.36. The zero-order valence-electron chi connectivity index (χ0n) is 23.7. The number of carboxylic acids is 1. The van der Waals surface area contributed by atoms with Crippen molar-refractivity contribution in [2.75, 3.05) is 6.61 Å². The molecule has 4 fully saturated rings. The molecular formula is C33H47NO3S. The number of hydrogen-bond acceptors (Lipinski definition) is 4. The molecule has 4 aliphatic rings. The number of nitrogens with zero attached hydrogens (tertiary/aromatic N) is 1. The van der Waals surface area contributed by atoms with Crippen LogP contribution in [0.5, 0.6) is 0 Å². The zero-order valence-corrected chi connectivity index (χ0v) is 24.5. The molecule has 0 spiro atoms. The molecule has 0 bridgehead atoms. The van der Waals surface area contributed by atoms with E-state index in [1.807, 2.05) is 11.3 Å². The van der Waals surface area contributed by atoms with Crippen LogP contribution in [0.15, 0.2) is 24.3 Å². The lowest BCUT2D eigenvalue weighted by atomic mass is 9.44. The Morgan fingerprint density at radius 1 is 1.08 bits per heavy atom. The van der Waals surface area contributed by atoms with Crippen LogP contribution in [0, 0.1) is 46.3 Å². The van der Waals surface area contributed by atoms with Crippen molar-refractivity contribution >= 4 is 27.5 Å². The van der Waals surface area contributed by atoms with Crippen LogP contribution in [-0.2, 0) is 16.0 Å². The predicted octanol–water partition coefficient (Wildman–Crippen LogP) is 8.38. The molecule has 1 aromatic heterocycles. The fourth-order valence-electron chi connectivity index (χ4n) is 10.2. The second-order valence-electron chi connectivity index (χ2n) is 13.9. The third kappa shape index (κ3) is 4.74. The fraction of sp³-hybridized carbons (Fsp3) is 0.758.